The highest BCUT2D eigenvalue weighted by Crippen LogP contribution is 2.49. The van der Waals surface area contributed by atoms with Crippen molar-refractivity contribution in [3.8, 4) is 22.6 Å². The van der Waals surface area contributed by atoms with Crippen molar-refractivity contribution in [1.29, 1.82) is 0 Å². The number of aryl methyl sites for hydroxylation is 2. The number of aromatic amines is 2. The third-order valence-electron chi connectivity index (χ3n) is 15.6. The van der Waals surface area contributed by atoms with Crippen molar-refractivity contribution in [3.05, 3.63) is 215 Å². The summed E-state index contributed by atoms with van der Waals surface area (Å²) in [7, 11) is 0. The van der Waals surface area contributed by atoms with E-state index in [1.165, 1.54) is 0 Å². The number of benzene rings is 11. The molecule has 0 spiro atoms. The fourth-order valence-corrected chi connectivity index (χ4v) is 11.6. The Balaban J connectivity index is 0.858. The summed E-state index contributed by atoms with van der Waals surface area (Å²) in [6.07, 6.45) is 1.40. The minimum atomic E-state index is -0.503. The number of nitrogens with zero attached hydrogens (tertiary/aromatic N) is 4. The maximum Gasteiger partial charge on any atom is 0.259 e. The lowest BCUT2D eigenvalue weighted by Gasteiger charge is -2.20. The Morgan fingerprint density at radius 3 is 1.54 bits per heavy atom. The number of amides is 2. The third kappa shape index (κ3) is 7.58. The fourth-order valence-electron chi connectivity index (χ4n) is 11.6. The predicted octanol–water partition coefficient (Wildman–Crippen LogP) is 17.5. The normalized spacial score (nSPS) is 12.3. The smallest absolute Gasteiger partial charge is 0.259 e. The van der Waals surface area contributed by atoms with Gasteiger partial charge in [0.2, 0.25) is 0 Å². The zero-order chi connectivity index (χ0) is 54.3. The van der Waals surface area contributed by atoms with Crippen LogP contribution < -0.4 is 10.6 Å². The van der Waals surface area contributed by atoms with Crippen LogP contribution >= 0.6 is 0 Å². The van der Waals surface area contributed by atoms with Crippen LogP contribution in [-0.4, -0.2) is 37.8 Å². The van der Waals surface area contributed by atoms with Gasteiger partial charge in [0.05, 0.1) is 33.5 Å². The Morgan fingerprint density at radius 2 is 0.963 bits per heavy atom. The Hall–Kier alpha value is -10.8. The molecule has 2 amide bonds. The number of fused-ring (bicyclic) bond motifs is 12. The van der Waals surface area contributed by atoms with Crippen molar-refractivity contribution in [2.24, 2.45) is 20.5 Å². The number of azo groups is 2. The average molecular weight is 1040 g/mol. The van der Waals surface area contributed by atoms with Gasteiger partial charge < -0.3 is 30.8 Å². The zero-order valence-electron chi connectivity index (χ0n) is 43.1. The van der Waals surface area contributed by atoms with Crippen LogP contribution in [0.25, 0.3) is 87.1 Å². The Bertz CT molecular complexity index is 4910. The van der Waals surface area contributed by atoms with Crippen molar-refractivity contribution in [1.82, 2.24) is 9.97 Å². The van der Waals surface area contributed by atoms with E-state index in [0.717, 1.165) is 60.3 Å². The van der Waals surface area contributed by atoms with Crippen LogP contribution in [0.4, 0.5) is 34.1 Å². The minimum absolute atomic E-state index is 0.0268. The highest BCUT2D eigenvalue weighted by atomic mass is 16.3. The van der Waals surface area contributed by atoms with E-state index in [2.05, 4.69) is 25.7 Å². The molecule has 13 aromatic rings. The highest BCUT2D eigenvalue weighted by molar-refractivity contribution is 6.28. The molecular formula is C67H46N8O5. The number of anilines is 2. The number of aromatic hydroxyl groups is 2. The molecule has 0 bridgehead atoms. The number of rotatable bonds is 10. The topological polar surface area (TPSA) is 197 Å². The summed E-state index contributed by atoms with van der Waals surface area (Å²) in [5.74, 6) is -1.92. The number of H-pyrrole nitrogens is 2. The lowest BCUT2D eigenvalue weighted by Crippen LogP contribution is -2.13. The number of carbonyl (C=O) groups excluding carboxylic acids is 3. The van der Waals surface area contributed by atoms with Crippen LogP contribution in [0.2, 0.25) is 0 Å². The molecule has 0 saturated heterocycles. The number of hydrogen-bond donors (Lipinski definition) is 6. The Morgan fingerprint density at radius 1 is 0.450 bits per heavy atom. The van der Waals surface area contributed by atoms with Crippen LogP contribution in [0.5, 0.6) is 11.5 Å². The van der Waals surface area contributed by atoms with Gasteiger partial charge in [-0.05, 0) is 100 Å². The molecule has 0 radical (unpaired) electrons. The van der Waals surface area contributed by atoms with E-state index in [1.807, 2.05) is 159 Å². The van der Waals surface area contributed by atoms with Gasteiger partial charge in [-0.3, -0.25) is 14.4 Å². The van der Waals surface area contributed by atoms with E-state index in [9.17, 15) is 24.6 Å². The summed E-state index contributed by atoms with van der Waals surface area (Å²) in [5.41, 5.74) is 9.82. The molecule has 6 N–H and O–H groups in total. The highest BCUT2D eigenvalue weighted by Gasteiger charge is 2.28. The number of phenolic OH excluding ortho intramolecular Hbond substituents is 2. The summed E-state index contributed by atoms with van der Waals surface area (Å²) in [6, 6.07) is 56.6. The molecule has 0 fully saturated rings. The van der Waals surface area contributed by atoms with Crippen LogP contribution in [0.15, 0.2) is 202 Å². The van der Waals surface area contributed by atoms with Gasteiger partial charge in [-0.2, -0.15) is 5.11 Å². The summed E-state index contributed by atoms with van der Waals surface area (Å²) >= 11 is 0. The lowest BCUT2D eigenvalue weighted by molar-refractivity contribution is 0.101. The molecule has 13 heteroatoms. The molecule has 1 aliphatic rings. The van der Waals surface area contributed by atoms with E-state index in [0.29, 0.717) is 84.6 Å². The van der Waals surface area contributed by atoms with Gasteiger partial charge in [0.15, 0.2) is 17.3 Å². The summed E-state index contributed by atoms with van der Waals surface area (Å²) in [5, 5.41) is 57.0. The molecule has 80 heavy (non-hydrogen) atoms. The third-order valence-corrected chi connectivity index (χ3v) is 15.6. The average Bonchev–Trinajstić information content (AvgIpc) is 4.08. The summed E-state index contributed by atoms with van der Waals surface area (Å²) < 4.78 is 0. The predicted molar refractivity (Wildman–Crippen MR) is 319 cm³/mol. The molecule has 0 atom stereocenters. The molecule has 11 aromatic carbocycles. The van der Waals surface area contributed by atoms with Crippen LogP contribution in [-0.2, 0) is 12.8 Å². The first kappa shape index (κ1) is 47.6. The summed E-state index contributed by atoms with van der Waals surface area (Å²) in [6.45, 7) is 4.03. The van der Waals surface area contributed by atoms with Crippen molar-refractivity contribution in [2.75, 3.05) is 10.6 Å². The maximum atomic E-state index is 14.8. The number of aromatic nitrogens is 2. The number of nitrogens with one attached hydrogen (secondary N) is 4. The SMILES string of the molecule is CCc1ccccc1NC(=O)c1cc2ccc3c4ccccc4[nH]c3c2c(N=Nc2ccc3c(c2)C(=O)c2cccc4c(N=Nc5c(O)c(C(=O)Nc6ccccc6CC)cc6ccc7c8ccccc8[nH]c7c56)ccc-3c24)c1O. The van der Waals surface area contributed by atoms with Crippen molar-refractivity contribution >= 4 is 128 Å². The van der Waals surface area contributed by atoms with E-state index < -0.39 is 11.8 Å². The van der Waals surface area contributed by atoms with Crippen molar-refractivity contribution in [2.45, 2.75) is 26.7 Å². The van der Waals surface area contributed by atoms with Crippen molar-refractivity contribution < 1.29 is 24.6 Å². The van der Waals surface area contributed by atoms with Gasteiger partial charge in [0.1, 0.15) is 11.4 Å². The van der Waals surface area contributed by atoms with Gasteiger partial charge in [-0.25, -0.2) is 0 Å². The molecule has 2 heterocycles. The van der Waals surface area contributed by atoms with Gasteiger partial charge in [-0.1, -0.05) is 141 Å². The number of ketones is 1. The van der Waals surface area contributed by atoms with E-state index in [1.54, 1.807) is 36.4 Å². The molecule has 13 nitrogen and oxygen atoms in total. The van der Waals surface area contributed by atoms with Gasteiger partial charge >= 0.3 is 0 Å². The number of phenols is 2. The van der Waals surface area contributed by atoms with Gasteiger partial charge in [-0.15, -0.1) is 15.3 Å². The van der Waals surface area contributed by atoms with Crippen LogP contribution in [0, 0.1) is 0 Å². The molecule has 384 valence electrons. The largest absolute Gasteiger partial charge is 0.505 e. The quantitative estimate of drug-likeness (QED) is 0.0740. The second-order valence-electron chi connectivity index (χ2n) is 20.0. The summed E-state index contributed by atoms with van der Waals surface area (Å²) in [4.78, 5) is 50.0. The molecule has 0 aliphatic heterocycles. The molecule has 14 rings (SSSR count). The molecule has 0 saturated carbocycles. The first-order valence-electron chi connectivity index (χ1n) is 26.4. The van der Waals surface area contributed by atoms with Gasteiger partial charge in [0.25, 0.3) is 11.8 Å². The van der Waals surface area contributed by atoms with E-state index >= 15 is 0 Å². The Labute approximate surface area is 456 Å². The number of para-hydroxylation sites is 4. The van der Waals surface area contributed by atoms with E-state index in [4.69, 9.17) is 15.3 Å². The maximum absolute atomic E-state index is 14.8. The fraction of sp³-hybridized carbons (Fsp3) is 0.0597. The van der Waals surface area contributed by atoms with Crippen LogP contribution in [0.3, 0.4) is 0 Å². The minimum Gasteiger partial charge on any atom is -0.505 e. The number of carbonyl (C=O) groups is 3. The molecule has 2 aromatic heterocycles. The van der Waals surface area contributed by atoms with E-state index in [-0.39, 0.29) is 39.8 Å². The van der Waals surface area contributed by atoms with Gasteiger partial charge in [0, 0.05) is 76.6 Å². The second-order valence-corrected chi connectivity index (χ2v) is 20.0. The Kier molecular flexibility index (Phi) is 11.2. The molecule has 1 aliphatic carbocycles. The van der Waals surface area contributed by atoms with Crippen molar-refractivity contribution in [3.63, 3.8) is 0 Å². The first-order valence-corrected chi connectivity index (χ1v) is 26.4. The molecule has 0 unspecified atom stereocenters. The first-order chi connectivity index (χ1) is 39.1. The second kappa shape index (κ2) is 18.7. The van der Waals surface area contributed by atoms with Crippen LogP contribution in [0.1, 0.15) is 61.6 Å². The number of hydrogen-bond acceptors (Lipinski definition) is 9. The zero-order valence-corrected chi connectivity index (χ0v) is 43.1. The standard InChI is InChI=1S/C67H46N8O5/c1-3-35-14-5-9-20-51(35)70-66(79)49-32-37-24-27-44-41-16-7-11-22-53(41)68-59(44)56(37)61(64(49)77)74-72-39-26-29-40-43-30-31-55(46-18-13-19-47(58(43)46)63(76)48(40)34-39)73-75-62-57-38(25-28-45-42-17-8-12-23-54(42)69-60(45)57)33-50(65(62)78)67(80)71-52-21-10-6-15-36(52)4-2/h5-34,68-69,77-78H,3-4H2,1-2H3,(H,70,79)(H,71,80). The monoisotopic (exact) mass is 1040 g/mol. The lowest BCUT2D eigenvalue weighted by atomic mass is 9.82. The molecular weight excluding hydrogens is 997 g/mol.